The third kappa shape index (κ3) is 7.79. The van der Waals surface area contributed by atoms with Crippen molar-refractivity contribution in [3.63, 3.8) is 0 Å². The van der Waals surface area contributed by atoms with E-state index in [1.54, 1.807) is 16.9 Å². The van der Waals surface area contributed by atoms with Crippen molar-refractivity contribution in [3.05, 3.63) is 71.8 Å². The topological polar surface area (TPSA) is 96.4 Å². The average Bonchev–Trinajstić information content (AvgIpc) is 2.81. The van der Waals surface area contributed by atoms with Gasteiger partial charge in [-0.25, -0.2) is 0 Å². The first-order chi connectivity index (χ1) is 15.6. The smallest absolute Gasteiger partial charge is 0.290 e. The Kier molecular flexibility index (Phi) is 10.9. The largest absolute Gasteiger partial charge is 0.483 e. The summed E-state index contributed by atoms with van der Waals surface area (Å²) in [5.41, 5.74) is 2.11. The van der Waals surface area contributed by atoms with Gasteiger partial charge in [0.05, 0.1) is 26.4 Å². The predicted molar refractivity (Wildman–Crippen MR) is 119 cm³/mol. The van der Waals surface area contributed by atoms with Gasteiger partial charge in [-0.05, 0) is 11.1 Å². The number of piperazine rings is 1. The molecule has 0 unspecified atom stereocenters. The maximum atomic E-state index is 13.1. The van der Waals surface area contributed by atoms with Crippen LogP contribution in [0.4, 0.5) is 0 Å². The summed E-state index contributed by atoms with van der Waals surface area (Å²) in [6.07, 6.45) is 0.494. The SMILES string of the molecule is COCCN1CC(=O)N(CCOCc2ccccc2)[C@H](Cc2ccccc2)C1=O.O=CO. The van der Waals surface area contributed by atoms with Crippen LogP contribution in [0.1, 0.15) is 11.1 Å². The van der Waals surface area contributed by atoms with Crippen molar-refractivity contribution >= 4 is 18.3 Å². The number of methoxy groups -OCH3 is 1. The number of rotatable bonds is 10. The lowest BCUT2D eigenvalue weighted by Crippen LogP contribution is -2.61. The number of carbonyl (C=O) groups is 3. The molecule has 172 valence electrons. The zero-order chi connectivity index (χ0) is 23.2. The fourth-order valence-corrected chi connectivity index (χ4v) is 3.48. The number of nitrogens with zero attached hydrogens (tertiary/aromatic N) is 2. The second-order valence-electron chi connectivity index (χ2n) is 7.19. The molecule has 1 aliphatic heterocycles. The molecular formula is C24H30N2O6. The van der Waals surface area contributed by atoms with Gasteiger partial charge >= 0.3 is 0 Å². The minimum atomic E-state index is -0.518. The third-order valence-electron chi connectivity index (χ3n) is 5.04. The monoisotopic (exact) mass is 442 g/mol. The Balaban J connectivity index is 0.00000114. The van der Waals surface area contributed by atoms with Crippen molar-refractivity contribution in [2.75, 3.05) is 40.0 Å². The third-order valence-corrected chi connectivity index (χ3v) is 5.04. The summed E-state index contributed by atoms with van der Waals surface area (Å²) in [6, 6.07) is 19.2. The predicted octanol–water partition coefficient (Wildman–Crippen LogP) is 1.83. The van der Waals surface area contributed by atoms with Crippen molar-refractivity contribution in [2.24, 2.45) is 0 Å². The Morgan fingerprint density at radius 3 is 2.16 bits per heavy atom. The second kappa shape index (κ2) is 14.0. The lowest BCUT2D eigenvalue weighted by atomic mass is 10.0. The standard InChI is InChI=1S/C23H28N2O4.CH2O2/c1-28-14-12-24-17-22(26)25(13-15-29-18-20-10-6-3-7-11-20)21(23(24)27)16-19-8-4-2-5-9-19;2-1-3/h2-11,21H,12-18H2,1H3;1H,(H,2,3)/t21-;/m1./s1. The Labute approximate surface area is 188 Å². The maximum Gasteiger partial charge on any atom is 0.290 e. The molecule has 1 N–H and O–H groups in total. The number of ether oxygens (including phenoxy) is 2. The van der Waals surface area contributed by atoms with E-state index in [0.717, 1.165) is 11.1 Å². The molecule has 0 spiro atoms. The highest BCUT2D eigenvalue weighted by Crippen LogP contribution is 2.17. The zero-order valence-corrected chi connectivity index (χ0v) is 18.3. The van der Waals surface area contributed by atoms with Gasteiger partial charge in [0.25, 0.3) is 6.47 Å². The highest BCUT2D eigenvalue weighted by molar-refractivity contribution is 5.95. The average molecular weight is 443 g/mol. The van der Waals surface area contributed by atoms with Crippen molar-refractivity contribution in [3.8, 4) is 0 Å². The summed E-state index contributed by atoms with van der Waals surface area (Å²) in [5.74, 6) is -0.0847. The molecule has 1 heterocycles. The van der Waals surface area contributed by atoms with Crippen molar-refractivity contribution < 1.29 is 29.0 Å². The van der Waals surface area contributed by atoms with Crippen LogP contribution in [0.15, 0.2) is 60.7 Å². The van der Waals surface area contributed by atoms with E-state index in [1.165, 1.54) is 0 Å². The molecule has 32 heavy (non-hydrogen) atoms. The number of carboxylic acid groups (broad SMARTS) is 1. The Morgan fingerprint density at radius 1 is 0.969 bits per heavy atom. The molecule has 1 atom stereocenters. The number of carbonyl (C=O) groups excluding carboxylic acids is 2. The fraction of sp³-hybridized carbons (Fsp3) is 0.375. The van der Waals surface area contributed by atoms with Crippen LogP contribution in [0.3, 0.4) is 0 Å². The lowest BCUT2D eigenvalue weighted by Gasteiger charge is -2.40. The Morgan fingerprint density at radius 2 is 1.56 bits per heavy atom. The Hall–Kier alpha value is -3.23. The zero-order valence-electron chi connectivity index (χ0n) is 18.3. The highest BCUT2D eigenvalue weighted by Gasteiger charge is 2.38. The van der Waals surface area contributed by atoms with Gasteiger partial charge in [0.1, 0.15) is 6.04 Å². The van der Waals surface area contributed by atoms with Gasteiger partial charge in [-0.1, -0.05) is 60.7 Å². The highest BCUT2D eigenvalue weighted by atomic mass is 16.5. The minimum Gasteiger partial charge on any atom is -0.483 e. The first-order valence-electron chi connectivity index (χ1n) is 10.4. The van der Waals surface area contributed by atoms with Crippen LogP contribution in [-0.2, 0) is 36.9 Å². The van der Waals surface area contributed by atoms with Gasteiger partial charge in [0.15, 0.2) is 0 Å². The van der Waals surface area contributed by atoms with E-state index in [-0.39, 0.29) is 24.8 Å². The van der Waals surface area contributed by atoms with Crippen LogP contribution >= 0.6 is 0 Å². The molecule has 2 aromatic carbocycles. The van der Waals surface area contributed by atoms with Crippen LogP contribution in [-0.4, -0.2) is 79.2 Å². The van der Waals surface area contributed by atoms with Crippen LogP contribution in [0, 0.1) is 0 Å². The number of hydrogen-bond acceptors (Lipinski definition) is 5. The van der Waals surface area contributed by atoms with Crippen molar-refractivity contribution in [1.82, 2.24) is 9.80 Å². The number of hydrogen-bond donors (Lipinski definition) is 1. The molecule has 0 saturated carbocycles. The van der Waals surface area contributed by atoms with Crippen LogP contribution in [0.25, 0.3) is 0 Å². The van der Waals surface area contributed by atoms with E-state index < -0.39 is 6.04 Å². The molecule has 0 radical (unpaired) electrons. The van der Waals surface area contributed by atoms with E-state index in [2.05, 4.69) is 0 Å². The van der Waals surface area contributed by atoms with Crippen molar-refractivity contribution in [2.45, 2.75) is 19.1 Å². The fourth-order valence-electron chi connectivity index (χ4n) is 3.48. The number of benzene rings is 2. The van der Waals surface area contributed by atoms with Crippen LogP contribution in [0.5, 0.6) is 0 Å². The van der Waals surface area contributed by atoms with Gasteiger partial charge in [0.2, 0.25) is 11.8 Å². The summed E-state index contributed by atoms with van der Waals surface area (Å²) in [7, 11) is 1.59. The van der Waals surface area contributed by atoms with E-state index in [1.807, 2.05) is 60.7 Å². The summed E-state index contributed by atoms with van der Waals surface area (Å²) in [5, 5.41) is 6.89. The van der Waals surface area contributed by atoms with Gasteiger partial charge in [0, 0.05) is 26.6 Å². The quantitative estimate of drug-likeness (QED) is 0.446. The first-order valence-corrected chi connectivity index (χ1v) is 10.4. The van der Waals surface area contributed by atoms with E-state index in [9.17, 15) is 9.59 Å². The number of amides is 2. The summed E-state index contributed by atoms with van der Waals surface area (Å²) in [4.78, 5) is 37.5. The molecule has 1 saturated heterocycles. The molecule has 2 aromatic rings. The molecule has 0 aliphatic carbocycles. The van der Waals surface area contributed by atoms with E-state index >= 15 is 0 Å². The first kappa shape index (κ1) is 25.0. The minimum absolute atomic E-state index is 0.0337. The van der Waals surface area contributed by atoms with Crippen molar-refractivity contribution in [1.29, 1.82) is 0 Å². The van der Waals surface area contributed by atoms with Crippen LogP contribution in [0.2, 0.25) is 0 Å². The normalized spacial score (nSPS) is 15.8. The lowest BCUT2D eigenvalue weighted by molar-refractivity contribution is -0.157. The van der Waals surface area contributed by atoms with Crippen LogP contribution < -0.4 is 0 Å². The molecule has 1 fully saturated rings. The molecule has 0 aromatic heterocycles. The molecule has 8 heteroatoms. The summed E-state index contributed by atoms with van der Waals surface area (Å²) in [6.45, 7) is 1.94. The summed E-state index contributed by atoms with van der Waals surface area (Å²) < 4.78 is 10.8. The van der Waals surface area contributed by atoms with Gasteiger partial charge in [-0.2, -0.15) is 0 Å². The summed E-state index contributed by atoms with van der Waals surface area (Å²) >= 11 is 0. The maximum absolute atomic E-state index is 13.1. The van der Waals surface area contributed by atoms with Gasteiger partial charge < -0.3 is 24.4 Å². The Bertz CT molecular complexity index is 831. The molecule has 3 rings (SSSR count). The second-order valence-corrected chi connectivity index (χ2v) is 7.19. The van der Waals surface area contributed by atoms with Gasteiger partial charge in [-0.3, -0.25) is 14.4 Å². The molecular weight excluding hydrogens is 412 g/mol. The molecule has 8 nitrogen and oxygen atoms in total. The molecule has 0 bridgehead atoms. The molecule has 1 aliphatic rings. The van der Waals surface area contributed by atoms with E-state index in [0.29, 0.717) is 39.3 Å². The molecule has 2 amide bonds. The van der Waals surface area contributed by atoms with Gasteiger partial charge in [-0.15, -0.1) is 0 Å². The van der Waals surface area contributed by atoms with E-state index in [4.69, 9.17) is 19.4 Å².